The summed E-state index contributed by atoms with van der Waals surface area (Å²) >= 11 is 1.81. The van der Waals surface area contributed by atoms with E-state index in [9.17, 15) is 0 Å². The third kappa shape index (κ3) is 4.88. The van der Waals surface area contributed by atoms with E-state index in [2.05, 4.69) is 16.0 Å². The van der Waals surface area contributed by atoms with Gasteiger partial charge in [-0.2, -0.15) is 0 Å². The summed E-state index contributed by atoms with van der Waals surface area (Å²) < 4.78 is 0. The summed E-state index contributed by atoms with van der Waals surface area (Å²) in [7, 11) is 0. The molecule has 0 saturated carbocycles. The molecule has 0 bridgehead atoms. The van der Waals surface area contributed by atoms with Crippen molar-refractivity contribution in [2.45, 2.75) is 43.7 Å². The number of aliphatic hydroxyl groups excluding tert-OH is 1. The molecule has 2 aromatic rings. The van der Waals surface area contributed by atoms with Gasteiger partial charge in [0.05, 0.1) is 11.0 Å². The predicted molar refractivity (Wildman–Crippen MR) is 81.6 cm³/mol. The molecule has 0 amide bonds. The molecule has 0 atom stereocenters. The fourth-order valence-electron chi connectivity index (χ4n) is 2.09. The van der Waals surface area contributed by atoms with E-state index in [-0.39, 0.29) is 0 Å². The third-order valence-electron chi connectivity index (χ3n) is 3.16. The van der Waals surface area contributed by atoms with Gasteiger partial charge in [-0.15, -0.1) is 0 Å². The number of aromatic nitrogens is 2. The molecule has 0 fully saturated rings. The Morgan fingerprint density at radius 2 is 1.74 bits per heavy atom. The molecule has 0 aliphatic carbocycles. The highest BCUT2D eigenvalue weighted by molar-refractivity contribution is 7.99. The second-order valence-electron chi connectivity index (χ2n) is 4.75. The summed E-state index contributed by atoms with van der Waals surface area (Å²) in [5.41, 5.74) is 2.17. The van der Waals surface area contributed by atoms with Crippen LogP contribution in [0.5, 0.6) is 0 Å². The average Bonchev–Trinajstić information content (AvgIpc) is 2.84. The van der Waals surface area contributed by atoms with E-state index < -0.39 is 0 Å². The van der Waals surface area contributed by atoms with Gasteiger partial charge in [0.2, 0.25) is 0 Å². The SMILES string of the molecule is OCCCCCCCCSc1nc2ccccc2[nH]1. The van der Waals surface area contributed by atoms with E-state index in [0.29, 0.717) is 6.61 Å². The van der Waals surface area contributed by atoms with Gasteiger partial charge in [0.1, 0.15) is 0 Å². The number of H-pyrrole nitrogens is 1. The van der Waals surface area contributed by atoms with Gasteiger partial charge in [-0.1, -0.05) is 49.6 Å². The summed E-state index contributed by atoms with van der Waals surface area (Å²) in [6.07, 6.45) is 7.15. The molecule has 0 radical (unpaired) electrons. The van der Waals surface area contributed by atoms with Crippen LogP contribution in [0.4, 0.5) is 0 Å². The van der Waals surface area contributed by atoms with Gasteiger partial charge in [-0.3, -0.25) is 0 Å². The highest BCUT2D eigenvalue weighted by atomic mass is 32.2. The van der Waals surface area contributed by atoms with Crippen molar-refractivity contribution in [1.82, 2.24) is 9.97 Å². The lowest BCUT2D eigenvalue weighted by molar-refractivity contribution is 0.282. The molecule has 2 rings (SSSR count). The number of thioether (sulfide) groups is 1. The number of benzene rings is 1. The maximum Gasteiger partial charge on any atom is 0.166 e. The summed E-state index contributed by atoms with van der Waals surface area (Å²) in [6, 6.07) is 8.15. The van der Waals surface area contributed by atoms with Crippen LogP contribution in [0.25, 0.3) is 11.0 Å². The first-order valence-electron chi connectivity index (χ1n) is 7.08. The van der Waals surface area contributed by atoms with Gasteiger partial charge in [-0.05, 0) is 25.0 Å². The Balaban J connectivity index is 1.60. The Labute approximate surface area is 118 Å². The van der Waals surface area contributed by atoms with Crippen molar-refractivity contribution < 1.29 is 5.11 Å². The molecule has 1 aromatic carbocycles. The smallest absolute Gasteiger partial charge is 0.166 e. The van der Waals surface area contributed by atoms with Crippen molar-refractivity contribution in [1.29, 1.82) is 0 Å². The number of nitrogens with one attached hydrogen (secondary N) is 1. The van der Waals surface area contributed by atoms with Gasteiger partial charge in [0.15, 0.2) is 5.16 Å². The minimum atomic E-state index is 0.335. The number of rotatable bonds is 9. The number of fused-ring (bicyclic) bond motifs is 1. The Morgan fingerprint density at radius 1 is 1.00 bits per heavy atom. The van der Waals surface area contributed by atoms with Gasteiger partial charge in [0, 0.05) is 12.4 Å². The Kier molecular flexibility index (Phi) is 6.24. The standard InChI is InChI=1S/C15H22N2OS/c18-11-7-3-1-2-4-8-12-19-15-16-13-9-5-6-10-14(13)17-15/h5-6,9-10,18H,1-4,7-8,11-12H2,(H,16,17). The molecular formula is C15H22N2OS. The monoisotopic (exact) mass is 278 g/mol. The number of unbranched alkanes of at least 4 members (excludes halogenated alkanes) is 5. The number of aliphatic hydroxyl groups is 1. The van der Waals surface area contributed by atoms with Crippen LogP contribution in [0.3, 0.4) is 0 Å². The van der Waals surface area contributed by atoms with Crippen molar-refractivity contribution in [3.8, 4) is 0 Å². The maximum atomic E-state index is 8.68. The predicted octanol–water partition coefficient (Wildman–Crippen LogP) is 3.99. The molecule has 19 heavy (non-hydrogen) atoms. The molecule has 0 spiro atoms. The number of hydrogen-bond acceptors (Lipinski definition) is 3. The van der Waals surface area contributed by atoms with E-state index in [0.717, 1.165) is 34.8 Å². The molecule has 1 aromatic heterocycles. The van der Waals surface area contributed by atoms with Crippen LogP contribution < -0.4 is 0 Å². The topological polar surface area (TPSA) is 48.9 Å². The van der Waals surface area contributed by atoms with Gasteiger partial charge in [-0.25, -0.2) is 4.98 Å². The molecule has 4 heteroatoms. The first-order valence-corrected chi connectivity index (χ1v) is 8.07. The van der Waals surface area contributed by atoms with Crippen molar-refractivity contribution in [3.63, 3.8) is 0 Å². The van der Waals surface area contributed by atoms with Crippen LogP contribution in [0.15, 0.2) is 29.4 Å². The fraction of sp³-hybridized carbons (Fsp3) is 0.533. The number of nitrogens with zero attached hydrogens (tertiary/aromatic N) is 1. The highest BCUT2D eigenvalue weighted by Gasteiger charge is 2.01. The highest BCUT2D eigenvalue weighted by Crippen LogP contribution is 2.20. The summed E-state index contributed by atoms with van der Waals surface area (Å²) in [4.78, 5) is 7.89. The summed E-state index contributed by atoms with van der Waals surface area (Å²) in [6.45, 7) is 0.335. The minimum Gasteiger partial charge on any atom is -0.396 e. The quantitative estimate of drug-likeness (QED) is 0.538. The second-order valence-corrected chi connectivity index (χ2v) is 5.84. The number of hydrogen-bond donors (Lipinski definition) is 2. The molecule has 2 N–H and O–H groups in total. The molecule has 0 unspecified atom stereocenters. The minimum absolute atomic E-state index is 0.335. The normalized spacial score (nSPS) is 11.2. The van der Waals surface area contributed by atoms with Crippen LogP contribution in [0.2, 0.25) is 0 Å². The van der Waals surface area contributed by atoms with E-state index in [1.807, 2.05) is 30.0 Å². The van der Waals surface area contributed by atoms with E-state index in [1.54, 1.807) is 0 Å². The van der Waals surface area contributed by atoms with Crippen molar-refractivity contribution in [2.24, 2.45) is 0 Å². The Hall–Kier alpha value is -1.00. The van der Waals surface area contributed by atoms with Crippen LogP contribution in [0, 0.1) is 0 Å². The fourth-order valence-corrected chi connectivity index (χ4v) is 2.97. The summed E-state index contributed by atoms with van der Waals surface area (Å²) in [5, 5.41) is 9.71. The third-order valence-corrected chi connectivity index (χ3v) is 4.12. The average molecular weight is 278 g/mol. The van der Waals surface area contributed by atoms with E-state index in [1.165, 1.54) is 25.7 Å². The molecule has 3 nitrogen and oxygen atoms in total. The zero-order valence-electron chi connectivity index (χ0n) is 11.3. The molecule has 104 valence electrons. The van der Waals surface area contributed by atoms with Crippen molar-refractivity contribution in [3.05, 3.63) is 24.3 Å². The van der Waals surface area contributed by atoms with E-state index >= 15 is 0 Å². The van der Waals surface area contributed by atoms with Crippen LogP contribution in [-0.4, -0.2) is 27.4 Å². The van der Waals surface area contributed by atoms with Crippen molar-refractivity contribution >= 4 is 22.8 Å². The summed E-state index contributed by atoms with van der Waals surface area (Å²) in [5.74, 6) is 1.12. The molecular weight excluding hydrogens is 256 g/mol. The van der Waals surface area contributed by atoms with Crippen LogP contribution in [-0.2, 0) is 0 Å². The van der Waals surface area contributed by atoms with Gasteiger partial charge >= 0.3 is 0 Å². The molecule has 1 heterocycles. The first kappa shape index (κ1) is 14.4. The maximum absolute atomic E-state index is 8.68. The van der Waals surface area contributed by atoms with Gasteiger partial charge in [0.25, 0.3) is 0 Å². The lowest BCUT2D eigenvalue weighted by Crippen LogP contribution is -1.85. The first-order chi connectivity index (χ1) is 9.40. The zero-order valence-corrected chi connectivity index (χ0v) is 12.1. The molecule has 0 aliphatic rings. The lowest BCUT2D eigenvalue weighted by Gasteiger charge is -2.00. The molecule has 0 saturated heterocycles. The van der Waals surface area contributed by atoms with Crippen molar-refractivity contribution in [2.75, 3.05) is 12.4 Å². The number of aromatic amines is 1. The van der Waals surface area contributed by atoms with E-state index in [4.69, 9.17) is 5.11 Å². The zero-order chi connectivity index (χ0) is 13.3. The largest absolute Gasteiger partial charge is 0.396 e. The van der Waals surface area contributed by atoms with Gasteiger partial charge < -0.3 is 10.1 Å². The van der Waals surface area contributed by atoms with Crippen LogP contribution in [0.1, 0.15) is 38.5 Å². The Bertz CT molecular complexity index is 451. The lowest BCUT2D eigenvalue weighted by atomic mass is 10.1. The number of imidazole rings is 1. The van der Waals surface area contributed by atoms with Crippen LogP contribution >= 0.6 is 11.8 Å². The Morgan fingerprint density at radius 3 is 2.53 bits per heavy atom. The second kappa shape index (κ2) is 8.23. The number of para-hydroxylation sites is 2. The molecule has 0 aliphatic heterocycles.